The Kier molecular flexibility index (Phi) is 7.34. The van der Waals surface area contributed by atoms with E-state index in [2.05, 4.69) is 10.3 Å². The Labute approximate surface area is 169 Å². The van der Waals surface area contributed by atoms with Crippen molar-refractivity contribution in [1.82, 2.24) is 10.3 Å². The van der Waals surface area contributed by atoms with Gasteiger partial charge in [-0.05, 0) is 17.9 Å². The molecule has 10 heteroatoms. The lowest BCUT2D eigenvalue weighted by Gasteiger charge is -2.18. The highest BCUT2D eigenvalue weighted by Crippen LogP contribution is 2.30. The van der Waals surface area contributed by atoms with Gasteiger partial charge in [0.15, 0.2) is 0 Å². The van der Waals surface area contributed by atoms with E-state index in [1.807, 2.05) is 30.5 Å². The molecule has 1 aromatic carbocycles. The highest BCUT2D eigenvalue weighted by Gasteiger charge is 2.27. The molecule has 142 valence electrons. The standard InChI is InChI=1S/C16H17Cl3N2O4S/c1-24-14(22)12(21-15(23)25-8-16(17,18)19)7-10-9-5-3-4-6-11(9)20-13(10)26-2/h3-6,12,20H,7-8H2,1-2H3,(H,21,23). The van der Waals surface area contributed by atoms with Crippen molar-refractivity contribution in [2.75, 3.05) is 20.0 Å². The molecule has 0 spiro atoms. The number of ether oxygens (including phenoxy) is 2. The molecule has 0 aliphatic rings. The number of alkyl carbamates (subject to hydrolysis) is 1. The lowest BCUT2D eigenvalue weighted by Crippen LogP contribution is -2.44. The quantitative estimate of drug-likeness (QED) is 0.403. The molecular formula is C16H17Cl3N2O4S. The number of hydrogen-bond donors (Lipinski definition) is 2. The average Bonchev–Trinajstić information content (AvgIpc) is 2.96. The van der Waals surface area contributed by atoms with E-state index < -0.39 is 28.5 Å². The maximum Gasteiger partial charge on any atom is 0.408 e. The Morgan fingerprint density at radius 1 is 1.31 bits per heavy atom. The first-order valence-electron chi connectivity index (χ1n) is 7.46. The number of nitrogens with one attached hydrogen (secondary N) is 2. The summed E-state index contributed by atoms with van der Waals surface area (Å²) >= 11 is 18.2. The molecule has 2 N–H and O–H groups in total. The van der Waals surface area contributed by atoms with Gasteiger partial charge in [0.1, 0.15) is 12.6 Å². The second-order valence-corrected chi connectivity index (χ2v) is 8.63. The molecule has 1 heterocycles. The van der Waals surface area contributed by atoms with Crippen LogP contribution in [0, 0.1) is 0 Å². The number of amides is 1. The van der Waals surface area contributed by atoms with Gasteiger partial charge in [-0.25, -0.2) is 9.59 Å². The summed E-state index contributed by atoms with van der Waals surface area (Å²) in [5.74, 6) is -0.604. The number of carbonyl (C=O) groups is 2. The summed E-state index contributed by atoms with van der Waals surface area (Å²) in [6, 6.07) is 6.74. The van der Waals surface area contributed by atoms with Gasteiger partial charge in [0, 0.05) is 17.3 Å². The maximum atomic E-state index is 12.1. The zero-order valence-corrected chi connectivity index (χ0v) is 17.1. The van der Waals surface area contributed by atoms with Crippen molar-refractivity contribution in [3.8, 4) is 0 Å². The number of rotatable bonds is 6. The molecular weight excluding hydrogens is 423 g/mol. The van der Waals surface area contributed by atoms with Gasteiger partial charge in [-0.2, -0.15) is 0 Å². The van der Waals surface area contributed by atoms with Gasteiger partial charge in [0.25, 0.3) is 0 Å². The van der Waals surface area contributed by atoms with Crippen molar-refractivity contribution in [2.45, 2.75) is 21.3 Å². The first kappa shape index (κ1) is 21.0. The lowest BCUT2D eigenvalue weighted by atomic mass is 10.1. The molecule has 0 bridgehead atoms. The fourth-order valence-electron chi connectivity index (χ4n) is 2.42. The third kappa shape index (κ3) is 5.61. The van der Waals surface area contributed by atoms with Gasteiger partial charge in [0.2, 0.25) is 3.79 Å². The van der Waals surface area contributed by atoms with Gasteiger partial charge >= 0.3 is 12.1 Å². The van der Waals surface area contributed by atoms with Crippen LogP contribution in [0.15, 0.2) is 29.3 Å². The van der Waals surface area contributed by atoms with Crippen LogP contribution in [0.4, 0.5) is 4.79 Å². The maximum absolute atomic E-state index is 12.1. The number of thioether (sulfide) groups is 1. The smallest absolute Gasteiger partial charge is 0.408 e. The molecule has 2 rings (SSSR count). The first-order valence-corrected chi connectivity index (χ1v) is 9.82. The second-order valence-electron chi connectivity index (χ2n) is 5.30. The molecule has 1 amide bonds. The Balaban J connectivity index is 2.21. The third-order valence-electron chi connectivity index (χ3n) is 3.53. The summed E-state index contributed by atoms with van der Waals surface area (Å²) in [4.78, 5) is 27.3. The second kappa shape index (κ2) is 9.08. The van der Waals surface area contributed by atoms with E-state index in [1.165, 1.54) is 18.9 Å². The van der Waals surface area contributed by atoms with Gasteiger partial charge in [0.05, 0.1) is 12.1 Å². The van der Waals surface area contributed by atoms with Crippen molar-refractivity contribution in [2.24, 2.45) is 0 Å². The summed E-state index contributed by atoms with van der Waals surface area (Å²) in [7, 11) is 1.24. The van der Waals surface area contributed by atoms with Crippen LogP contribution in [-0.2, 0) is 20.7 Å². The van der Waals surface area contributed by atoms with E-state index in [0.29, 0.717) is 0 Å². The molecule has 0 aliphatic heterocycles. The average molecular weight is 440 g/mol. The molecule has 0 radical (unpaired) electrons. The molecule has 0 saturated heterocycles. The number of aromatic amines is 1. The molecule has 1 aromatic heterocycles. The number of benzene rings is 1. The van der Waals surface area contributed by atoms with Crippen LogP contribution in [0.25, 0.3) is 10.9 Å². The van der Waals surface area contributed by atoms with E-state index in [9.17, 15) is 9.59 Å². The Morgan fingerprint density at radius 3 is 2.62 bits per heavy atom. The topological polar surface area (TPSA) is 80.4 Å². The van der Waals surface area contributed by atoms with Crippen molar-refractivity contribution >= 4 is 69.5 Å². The largest absolute Gasteiger partial charge is 0.467 e. The zero-order valence-electron chi connectivity index (χ0n) is 14.0. The number of carbonyl (C=O) groups excluding carboxylic acids is 2. The van der Waals surface area contributed by atoms with Crippen LogP contribution in [0.3, 0.4) is 0 Å². The fourth-order valence-corrected chi connectivity index (χ4v) is 3.24. The van der Waals surface area contributed by atoms with Crippen LogP contribution >= 0.6 is 46.6 Å². The third-order valence-corrected chi connectivity index (χ3v) is 4.62. The Bertz CT molecular complexity index is 791. The number of methoxy groups -OCH3 is 1. The summed E-state index contributed by atoms with van der Waals surface area (Å²) < 4.78 is 7.88. The van der Waals surface area contributed by atoms with Crippen molar-refractivity contribution in [1.29, 1.82) is 0 Å². The van der Waals surface area contributed by atoms with Gasteiger partial charge in [-0.3, -0.25) is 0 Å². The number of hydrogen-bond acceptors (Lipinski definition) is 5. The predicted octanol–water partition coefficient (Wildman–Crippen LogP) is 4.07. The Morgan fingerprint density at radius 2 is 2.00 bits per heavy atom. The van der Waals surface area contributed by atoms with E-state index in [1.54, 1.807) is 0 Å². The highest BCUT2D eigenvalue weighted by molar-refractivity contribution is 7.98. The van der Waals surface area contributed by atoms with Crippen LogP contribution in [0.2, 0.25) is 0 Å². The minimum Gasteiger partial charge on any atom is -0.467 e. The molecule has 1 unspecified atom stereocenters. The minimum absolute atomic E-state index is 0.218. The van der Waals surface area contributed by atoms with E-state index >= 15 is 0 Å². The molecule has 6 nitrogen and oxygen atoms in total. The first-order chi connectivity index (χ1) is 12.2. The molecule has 0 saturated carbocycles. The monoisotopic (exact) mass is 438 g/mol. The van der Waals surface area contributed by atoms with Gasteiger partial charge < -0.3 is 19.8 Å². The van der Waals surface area contributed by atoms with E-state index in [0.717, 1.165) is 21.5 Å². The predicted molar refractivity (Wildman–Crippen MR) is 104 cm³/mol. The van der Waals surface area contributed by atoms with Gasteiger partial charge in [-0.1, -0.05) is 53.0 Å². The summed E-state index contributed by atoms with van der Waals surface area (Å²) in [6.45, 7) is -0.444. The summed E-state index contributed by atoms with van der Waals surface area (Å²) in [5, 5.41) is 4.32. The van der Waals surface area contributed by atoms with Crippen LogP contribution < -0.4 is 5.32 Å². The zero-order chi connectivity index (χ0) is 19.3. The molecule has 0 aliphatic carbocycles. The molecule has 1 atom stereocenters. The number of halogens is 3. The fraction of sp³-hybridized carbons (Fsp3) is 0.375. The van der Waals surface area contributed by atoms with Crippen LogP contribution in [0.5, 0.6) is 0 Å². The minimum atomic E-state index is -1.74. The van der Waals surface area contributed by atoms with E-state index in [-0.39, 0.29) is 6.42 Å². The SMILES string of the molecule is COC(=O)C(Cc1c(SC)[nH]c2ccccc12)NC(=O)OCC(Cl)(Cl)Cl. The normalized spacial score (nSPS) is 12.7. The number of para-hydroxylation sites is 1. The molecule has 2 aromatic rings. The van der Waals surface area contributed by atoms with E-state index in [4.69, 9.17) is 44.3 Å². The van der Waals surface area contributed by atoms with Crippen molar-refractivity contribution < 1.29 is 19.1 Å². The number of aromatic nitrogens is 1. The number of fused-ring (bicyclic) bond motifs is 1. The number of H-pyrrole nitrogens is 1. The lowest BCUT2D eigenvalue weighted by molar-refractivity contribution is -0.142. The summed E-state index contributed by atoms with van der Waals surface area (Å²) in [5.41, 5.74) is 1.83. The summed E-state index contributed by atoms with van der Waals surface area (Å²) in [6.07, 6.45) is 1.26. The Hall–Kier alpha value is -1.28. The van der Waals surface area contributed by atoms with Crippen molar-refractivity contribution in [3.05, 3.63) is 29.8 Å². The molecule has 26 heavy (non-hydrogen) atoms. The van der Waals surface area contributed by atoms with Gasteiger partial charge in [-0.15, -0.1) is 11.8 Å². The number of alkyl halides is 3. The number of esters is 1. The van der Waals surface area contributed by atoms with Crippen molar-refractivity contribution in [3.63, 3.8) is 0 Å². The van der Waals surface area contributed by atoms with Crippen LogP contribution in [-0.4, -0.2) is 46.9 Å². The van der Waals surface area contributed by atoms with Crippen LogP contribution in [0.1, 0.15) is 5.56 Å². The molecule has 0 fully saturated rings. The highest BCUT2D eigenvalue weighted by atomic mass is 35.6.